The van der Waals surface area contributed by atoms with Crippen LogP contribution >= 0.6 is 23.5 Å². The highest BCUT2D eigenvalue weighted by molar-refractivity contribution is 7.67. The molecule has 218 valence electrons. The fraction of sp³-hybridized carbons (Fsp3) is 0.350. The molecule has 5 N–H and O–H groups in total. The molecule has 1 aromatic carbocycles. The average molecular weight is 625 g/mol. The lowest BCUT2D eigenvalue weighted by molar-refractivity contribution is -0.0167. The molecule has 2 heterocycles. The van der Waals surface area contributed by atoms with E-state index < -0.39 is 71.1 Å². The van der Waals surface area contributed by atoms with Crippen molar-refractivity contribution in [2.75, 3.05) is 6.61 Å². The number of phosphoric ester groups is 2. The van der Waals surface area contributed by atoms with Gasteiger partial charge in [-0.05, 0) is 31.2 Å². The topological polar surface area (TPSA) is 259 Å². The summed E-state index contributed by atoms with van der Waals surface area (Å²) in [6.45, 7) is 2.59. The van der Waals surface area contributed by atoms with Crippen LogP contribution in [0.15, 0.2) is 39.5 Å². The summed E-state index contributed by atoms with van der Waals surface area (Å²) in [4.78, 5) is 57.1. The van der Waals surface area contributed by atoms with E-state index in [0.29, 0.717) is 0 Å². The van der Waals surface area contributed by atoms with Gasteiger partial charge in [-0.25, -0.2) is 23.5 Å². The van der Waals surface area contributed by atoms with Gasteiger partial charge in [-0.3, -0.25) is 14.2 Å². The number of benzene rings is 2. The second kappa shape index (κ2) is 11.0. The number of carbonyl (C=O) groups is 1. The molecule has 1 aromatic rings. The molecule has 20 heteroatoms. The van der Waals surface area contributed by atoms with Gasteiger partial charge in [0.25, 0.3) is 0 Å². The summed E-state index contributed by atoms with van der Waals surface area (Å²) in [5.41, 5.74) is -1.64. The van der Waals surface area contributed by atoms with Crippen molar-refractivity contribution >= 4 is 40.5 Å². The van der Waals surface area contributed by atoms with Crippen molar-refractivity contribution < 1.29 is 70.2 Å². The zero-order chi connectivity index (χ0) is 29.6. The van der Waals surface area contributed by atoms with Crippen LogP contribution in [0.3, 0.4) is 0 Å². The maximum atomic E-state index is 12.4. The summed E-state index contributed by atoms with van der Waals surface area (Å²) >= 11 is 0. The third-order valence-electron chi connectivity index (χ3n) is 5.78. The summed E-state index contributed by atoms with van der Waals surface area (Å²) in [6.07, 6.45) is -2.54. The second-order valence-corrected chi connectivity index (χ2v) is 13.2. The normalized spacial score (nSPS) is 25.8. The number of carboxylic acids is 1. The number of aliphatic hydroxyl groups excluding tert-OH is 1. The highest BCUT2D eigenvalue weighted by atomic mass is 31.3. The standard InChI is InChI=1S/C20H22NO16P3/c1-9-10(2)33-16(18(9)23)8-32-38(26,27)36-40(30,31)37-39(28,29)35-11-3-4-12-15(7-11)34-19-13(21-12)5-6-14(22)17(19)20(24)25/h3-7,9-10,16,18,23H,8H2,1-2H3,(H,24,25)(H,26,27)(H,28,29)(H,30,31)/t9?,10-,16+,18?/m0/s1. The van der Waals surface area contributed by atoms with Gasteiger partial charge in [-0.15, -0.1) is 0 Å². The zero-order valence-corrected chi connectivity index (χ0v) is 23.1. The van der Waals surface area contributed by atoms with Crippen LogP contribution in [0.5, 0.6) is 5.75 Å². The molecule has 0 bridgehead atoms. The van der Waals surface area contributed by atoms with E-state index in [9.17, 15) is 48.2 Å². The third-order valence-corrected chi connectivity index (χ3v) is 10.0. The quantitative estimate of drug-likeness (QED) is 0.160. The molecule has 0 amide bonds. The molecule has 2 aliphatic heterocycles. The van der Waals surface area contributed by atoms with Crippen molar-refractivity contribution in [1.82, 2.24) is 4.98 Å². The fourth-order valence-electron chi connectivity index (χ4n) is 3.76. The second-order valence-electron chi connectivity index (χ2n) is 8.62. The Morgan fingerprint density at radius 2 is 1.70 bits per heavy atom. The Morgan fingerprint density at radius 1 is 1.02 bits per heavy atom. The Morgan fingerprint density at radius 3 is 2.33 bits per heavy atom. The molecular formula is C20H22NO16P3. The Bertz CT molecular complexity index is 1620. The number of aromatic nitrogens is 1. The van der Waals surface area contributed by atoms with E-state index in [1.165, 1.54) is 12.1 Å². The molecule has 0 spiro atoms. The van der Waals surface area contributed by atoms with Crippen molar-refractivity contribution in [1.29, 1.82) is 0 Å². The monoisotopic (exact) mass is 625 g/mol. The van der Waals surface area contributed by atoms with Gasteiger partial charge in [0.2, 0.25) is 0 Å². The van der Waals surface area contributed by atoms with Gasteiger partial charge in [0.05, 0.1) is 18.8 Å². The van der Waals surface area contributed by atoms with Crippen molar-refractivity contribution in [3.8, 4) is 17.2 Å². The lowest BCUT2D eigenvalue weighted by Gasteiger charge is -2.20. The molecule has 1 fully saturated rings. The first-order chi connectivity index (χ1) is 18.5. The summed E-state index contributed by atoms with van der Waals surface area (Å²) in [7, 11) is -16.7. The van der Waals surface area contributed by atoms with Crippen LogP contribution in [0, 0.1) is 5.92 Å². The van der Waals surface area contributed by atoms with Crippen molar-refractivity contribution in [3.05, 3.63) is 46.1 Å². The number of hydrogen-bond acceptors (Lipinski definition) is 13. The van der Waals surface area contributed by atoms with Gasteiger partial charge >= 0.3 is 29.4 Å². The third kappa shape index (κ3) is 6.85. The summed E-state index contributed by atoms with van der Waals surface area (Å²) in [5.74, 6) is -2.82. The highest BCUT2D eigenvalue weighted by Crippen LogP contribution is 2.67. The Kier molecular flexibility index (Phi) is 8.41. The first-order valence-corrected chi connectivity index (χ1v) is 15.7. The smallest absolute Gasteiger partial charge is 0.477 e. The van der Waals surface area contributed by atoms with Crippen LogP contribution in [-0.2, 0) is 31.6 Å². The predicted molar refractivity (Wildman–Crippen MR) is 132 cm³/mol. The number of ether oxygens (including phenoxy) is 1. The molecule has 17 nitrogen and oxygen atoms in total. The maximum absolute atomic E-state index is 12.4. The zero-order valence-electron chi connectivity index (χ0n) is 20.4. The molecule has 7 atom stereocenters. The summed E-state index contributed by atoms with van der Waals surface area (Å²) in [6, 6.07) is 5.45. The van der Waals surface area contributed by atoms with Crippen LogP contribution in [0.4, 0.5) is 0 Å². The molecule has 0 saturated carbocycles. The lowest BCUT2D eigenvalue weighted by Crippen LogP contribution is -2.29. The molecule has 5 unspecified atom stereocenters. The van der Waals surface area contributed by atoms with Gasteiger partial charge in [-0.2, -0.15) is 8.62 Å². The minimum absolute atomic E-state index is 0.0291. The largest absolute Gasteiger partial charge is 0.536 e. The van der Waals surface area contributed by atoms with E-state index in [0.717, 1.165) is 18.2 Å². The Hall–Kier alpha value is -2.52. The van der Waals surface area contributed by atoms with Crippen molar-refractivity contribution in [3.63, 3.8) is 0 Å². The van der Waals surface area contributed by atoms with E-state index in [4.69, 9.17) is 13.7 Å². The van der Waals surface area contributed by atoms with E-state index in [1.807, 2.05) is 0 Å². The van der Waals surface area contributed by atoms with Gasteiger partial charge in [0.1, 0.15) is 23.1 Å². The number of aromatic carboxylic acids is 1. The SMILES string of the molecule is CC1C(O)[C@@H](COP(=O)(O)OP(=O)(O)OP(=O)(O)Oc2ccc3nc4ccc(=O)c(C(=O)O)c-4oc3c2)O[C@H]1C. The van der Waals surface area contributed by atoms with Crippen molar-refractivity contribution in [2.24, 2.45) is 5.92 Å². The predicted octanol–water partition coefficient (Wildman–Crippen LogP) is 2.51. The van der Waals surface area contributed by atoms with Crippen LogP contribution in [0.25, 0.3) is 22.6 Å². The summed E-state index contributed by atoms with van der Waals surface area (Å²) < 4.78 is 64.8. The van der Waals surface area contributed by atoms with Crippen molar-refractivity contribution in [2.45, 2.75) is 32.2 Å². The molecule has 1 aliphatic carbocycles. The van der Waals surface area contributed by atoms with E-state index in [1.54, 1.807) is 13.8 Å². The molecule has 40 heavy (non-hydrogen) atoms. The van der Waals surface area contributed by atoms with E-state index in [-0.39, 0.29) is 28.5 Å². The molecule has 0 radical (unpaired) electrons. The van der Waals surface area contributed by atoms with Crippen LogP contribution in [0.1, 0.15) is 24.2 Å². The maximum Gasteiger partial charge on any atom is 0.536 e. The average Bonchev–Trinajstić information content (AvgIpc) is 3.06. The Balaban J connectivity index is 1.47. The molecule has 1 saturated heterocycles. The van der Waals surface area contributed by atoms with Gasteiger partial charge in [0, 0.05) is 12.0 Å². The van der Waals surface area contributed by atoms with E-state index in [2.05, 4.69) is 18.1 Å². The number of carboxylic acid groups (broad SMARTS) is 1. The number of aliphatic hydroxyl groups is 1. The number of phosphoric acid groups is 3. The molecule has 4 rings (SSSR count). The molecule has 3 aliphatic rings. The fourth-order valence-corrected chi connectivity index (χ4v) is 7.27. The Labute approximate surface area is 224 Å². The van der Waals surface area contributed by atoms with Gasteiger partial charge < -0.3 is 33.7 Å². The number of nitrogens with zero attached hydrogens (tertiary/aromatic N) is 1. The van der Waals surface area contributed by atoms with Crippen LogP contribution in [-0.4, -0.2) is 60.8 Å². The molecular weight excluding hydrogens is 603 g/mol. The lowest BCUT2D eigenvalue weighted by atomic mass is 10.00. The minimum Gasteiger partial charge on any atom is -0.477 e. The number of rotatable bonds is 10. The summed E-state index contributed by atoms with van der Waals surface area (Å²) in [5, 5.41) is 19.4. The van der Waals surface area contributed by atoms with Gasteiger partial charge in [0.15, 0.2) is 22.3 Å². The van der Waals surface area contributed by atoms with Crippen LogP contribution < -0.4 is 9.95 Å². The highest BCUT2D eigenvalue weighted by Gasteiger charge is 2.45. The van der Waals surface area contributed by atoms with Crippen LogP contribution in [0.2, 0.25) is 0 Å². The van der Waals surface area contributed by atoms with E-state index >= 15 is 0 Å². The first-order valence-electron chi connectivity index (χ1n) is 11.2. The molecule has 0 aromatic heterocycles. The first kappa shape index (κ1) is 30.4. The van der Waals surface area contributed by atoms with Gasteiger partial charge in [-0.1, -0.05) is 6.92 Å². The number of fused-ring (bicyclic) bond motifs is 2. The minimum atomic E-state index is -5.79. The number of hydrogen-bond donors (Lipinski definition) is 5.